The van der Waals surface area contributed by atoms with Gasteiger partial charge in [0.1, 0.15) is 0 Å². The number of rotatable bonds is 4. The fourth-order valence-corrected chi connectivity index (χ4v) is 3.08. The molecule has 3 heteroatoms. The molecule has 0 amide bonds. The van der Waals surface area contributed by atoms with Gasteiger partial charge in [0.2, 0.25) is 0 Å². The number of phenols is 1. The van der Waals surface area contributed by atoms with Crippen molar-refractivity contribution in [2.24, 2.45) is 11.8 Å². The highest BCUT2D eigenvalue weighted by atomic mass is 16.5. The summed E-state index contributed by atoms with van der Waals surface area (Å²) in [6.07, 6.45) is 3.82. The number of methoxy groups -OCH3 is 1. The minimum atomic E-state index is 0.259. The van der Waals surface area contributed by atoms with E-state index in [9.17, 15) is 5.11 Å². The molecular formula is C16H25NO2. The molecular weight excluding hydrogens is 238 g/mol. The fourth-order valence-electron chi connectivity index (χ4n) is 3.08. The molecule has 0 aromatic heterocycles. The lowest BCUT2D eigenvalue weighted by Crippen LogP contribution is -2.38. The summed E-state index contributed by atoms with van der Waals surface area (Å²) in [6, 6.07) is 6.20. The molecule has 3 nitrogen and oxygen atoms in total. The van der Waals surface area contributed by atoms with Gasteiger partial charge in [0.05, 0.1) is 7.11 Å². The topological polar surface area (TPSA) is 41.5 Å². The van der Waals surface area contributed by atoms with Gasteiger partial charge in [0.15, 0.2) is 11.5 Å². The van der Waals surface area contributed by atoms with Crippen molar-refractivity contribution in [3.8, 4) is 11.5 Å². The Hall–Kier alpha value is -1.22. The van der Waals surface area contributed by atoms with Gasteiger partial charge in [-0.15, -0.1) is 0 Å². The van der Waals surface area contributed by atoms with Crippen LogP contribution in [0.2, 0.25) is 0 Å². The van der Waals surface area contributed by atoms with E-state index in [4.69, 9.17) is 4.74 Å². The third kappa shape index (κ3) is 3.41. The minimum Gasteiger partial charge on any atom is -0.504 e. The molecule has 1 aliphatic rings. The van der Waals surface area contributed by atoms with Crippen LogP contribution in [0.25, 0.3) is 0 Å². The second-order valence-corrected chi connectivity index (χ2v) is 5.85. The average molecular weight is 263 g/mol. The average Bonchev–Trinajstić information content (AvgIpc) is 2.39. The Morgan fingerprint density at radius 2 is 2.11 bits per heavy atom. The fraction of sp³-hybridized carbons (Fsp3) is 0.625. The molecule has 3 atom stereocenters. The Kier molecular flexibility index (Phi) is 4.70. The highest BCUT2D eigenvalue weighted by molar-refractivity contribution is 5.45. The Bertz CT molecular complexity index is 419. The van der Waals surface area contributed by atoms with Crippen molar-refractivity contribution < 1.29 is 9.84 Å². The van der Waals surface area contributed by atoms with Gasteiger partial charge < -0.3 is 15.2 Å². The Morgan fingerprint density at radius 3 is 2.79 bits per heavy atom. The van der Waals surface area contributed by atoms with Gasteiger partial charge in [0.25, 0.3) is 0 Å². The zero-order valence-corrected chi connectivity index (χ0v) is 12.1. The molecule has 1 aromatic rings. The lowest BCUT2D eigenvalue weighted by Gasteiger charge is -2.33. The number of nitrogens with one attached hydrogen (secondary N) is 1. The summed E-state index contributed by atoms with van der Waals surface area (Å²) in [5.41, 5.74) is 0.908. The van der Waals surface area contributed by atoms with Gasteiger partial charge in [-0.3, -0.25) is 0 Å². The number of hydrogen-bond acceptors (Lipinski definition) is 3. The molecule has 0 radical (unpaired) electrons. The zero-order valence-electron chi connectivity index (χ0n) is 12.1. The molecule has 0 heterocycles. The SMILES string of the molecule is COc1cccc(CNC2CCC(C)CC2C)c1O. The lowest BCUT2D eigenvalue weighted by molar-refractivity contribution is 0.226. The van der Waals surface area contributed by atoms with E-state index in [0.717, 1.165) is 11.5 Å². The molecule has 2 N–H and O–H groups in total. The van der Waals surface area contributed by atoms with Gasteiger partial charge in [-0.2, -0.15) is 0 Å². The van der Waals surface area contributed by atoms with Crippen molar-refractivity contribution in [2.75, 3.05) is 7.11 Å². The van der Waals surface area contributed by atoms with E-state index < -0.39 is 0 Å². The predicted octanol–water partition coefficient (Wildman–Crippen LogP) is 3.32. The molecule has 1 fully saturated rings. The van der Waals surface area contributed by atoms with Crippen LogP contribution >= 0.6 is 0 Å². The van der Waals surface area contributed by atoms with Gasteiger partial charge in [0, 0.05) is 18.2 Å². The van der Waals surface area contributed by atoms with Crippen LogP contribution in [0.3, 0.4) is 0 Å². The van der Waals surface area contributed by atoms with E-state index >= 15 is 0 Å². The smallest absolute Gasteiger partial charge is 0.162 e. The van der Waals surface area contributed by atoms with E-state index in [1.54, 1.807) is 13.2 Å². The molecule has 1 aliphatic carbocycles. The first-order valence-electron chi connectivity index (χ1n) is 7.20. The maximum Gasteiger partial charge on any atom is 0.162 e. The summed E-state index contributed by atoms with van der Waals surface area (Å²) in [7, 11) is 1.58. The van der Waals surface area contributed by atoms with Crippen LogP contribution in [0.4, 0.5) is 0 Å². The molecule has 1 aromatic carbocycles. The van der Waals surface area contributed by atoms with Crippen molar-refractivity contribution in [1.82, 2.24) is 5.32 Å². The van der Waals surface area contributed by atoms with E-state index in [-0.39, 0.29) is 5.75 Å². The molecule has 106 valence electrons. The van der Waals surface area contributed by atoms with Crippen molar-refractivity contribution in [1.29, 1.82) is 0 Å². The highest BCUT2D eigenvalue weighted by Crippen LogP contribution is 2.31. The Morgan fingerprint density at radius 1 is 1.32 bits per heavy atom. The number of ether oxygens (including phenoxy) is 1. The summed E-state index contributed by atoms with van der Waals surface area (Å²) >= 11 is 0. The number of aromatic hydroxyl groups is 1. The monoisotopic (exact) mass is 263 g/mol. The zero-order chi connectivity index (χ0) is 13.8. The van der Waals surface area contributed by atoms with Crippen molar-refractivity contribution in [2.45, 2.75) is 45.7 Å². The number of benzene rings is 1. The van der Waals surface area contributed by atoms with E-state index in [2.05, 4.69) is 19.2 Å². The Balaban J connectivity index is 1.95. The molecule has 19 heavy (non-hydrogen) atoms. The summed E-state index contributed by atoms with van der Waals surface area (Å²) in [5.74, 6) is 2.36. The molecule has 0 bridgehead atoms. The molecule has 0 spiro atoms. The normalized spacial score (nSPS) is 27.2. The molecule has 1 saturated carbocycles. The van der Waals surface area contributed by atoms with Gasteiger partial charge in [-0.05, 0) is 37.2 Å². The summed E-state index contributed by atoms with van der Waals surface area (Å²) in [6.45, 7) is 5.35. The van der Waals surface area contributed by atoms with Crippen LogP contribution < -0.4 is 10.1 Å². The molecule has 2 rings (SSSR count). The highest BCUT2D eigenvalue weighted by Gasteiger charge is 2.24. The van der Waals surface area contributed by atoms with E-state index in [1.807, 2.05) is 12.1 Å². The quantitative estimate of drug-likeness (QED) is 0.875. The minimum absolute atomic E-state index is 0.259. The van der Waals surface area contributed by atoms with Crippen molar-refractivity contribution in [3.05, 3.63) is 23.8 Å². The van der Waals surface area contributed by atoms with E-state index in [0.29, 0.717) is 24.3 Å². The molecule has 0 saturated heterocycles. The van der Waals surface area contributed by atoms with Crippen molar-refractivity contribution >= 4 is 0 Å². The molecule has 3 unspecified atom stereocenters. The van der Waals surface area contributed by atoms with Gasteiger partial charge in [-0.25, -0.2) is 0 Å². The van der Waals surface area contributed by atoms with Crippen LogP contribution in [-0.4, -0.2) is 18.3 Å². The van der Waals surface area contributed by atoms with Gasteiger partial charge in [-0.1, -0.05) is 26.0 Å². The predicted molar refractivity (Wildman–Crippen MR) is 77.5 cm³/mol. The van der Waals surface area contributed by atoms with Crippen LogP contribution in [-0.2, 0) is 6.54 Å². The summed E-state index contributed by atoms with van der Waals surface area (Å²) in [5, 5.41) is 13.6. The van der Waals surface area contributed by atoms with Gasteiger partial charge >= 0.3 is 0 Å². The second-order valence-electron chi connectivity index (χ2n) is 5.85. The summed E-state index contributed by atoms with van der Waals surface area (Å²) in [4.78, 5) is 0. The lowest BCUT2D eigenvalue weighted by atomic mass is 9.80. The third-order valence-corrected chi connectivity index (χ3v) is 4.29. The van der Waals surface area contributed by atoms with Crippen LogP contribution in [0.5, 0.6) is 11.5 Å². The Labute approximate surface area is 116 Å². The standard InChI is InChI=1S/C16H25NO2/c1-11-7-8-14(12(2)9-11)17-10-13-5-4-6-15(19-3)16(13)18/h4-6,11-12,14,17-18H,7-10H2,1-3H3. The first kappa shape index (κ1) is 14.2. The first-order chi connectivity index (χ1) is 9.11. The number of para-hydroxylation sites is 1. The third-order valence-electron chi connectivity index (χ3n) is 4.29. The second kappa shape index (κ2) is 6.29. The maximum atomic E-state index is 10.1. The summed E-state index contributed by atoms with van der Waals surface area (Å²) < 4.78 is 5.13. The van der Waals surface area contributed by atoms with Crippen LogP contribution in [0.15, 0.2) is 18.2 Å². The number of hydrogen-bond donors (Lipinski definition) is 2. The molecule has 0 aliphatic heterocycles. The number of phenolic OH excluding ortho intramolecular Hbond substituents is 1. The van der Waals surface area contributed by atoms with Crippen molar-refractivity contribution in [3.63, 3.8) is 0 Å². The van der Waals surface area contributed by atoms with Crippen LogP contribution in [0.1, 0.15) is 38.7 Å². The van der Waals surface area contributed by atoms with Crippen LogP contribution in [0, 0.1) is 11.8 Å². The van der Waals surface area contributed by atoms with E-state index in [1.165, 1.54) is 19.3 Å². The largest absolute Gasteiger partial charge is 0.504 e. The first-order valence-corrected chi connectivity index (χ1v) is 7.20. The maximum absolute atomic E-state index is 10.1.